The molecule has 11 heteroatoms. The Balaban J connectivity index is 0.0000168. The van der Waals surface area contributed by atoms with Crippen molar-refractivity contribution < 1.29 is 29.0 Å². The van der Waals surface area contributed by atoms with Crippen LogP contribution in [0.25, 0.3) is 0 Å². The summed E-state index contributed by atoms with van der Waals surface area (Å²) in [6.07, 6.45) is 1.69. The Morgan fingerprint density at radius 2 is 1.62 bits per heavy atom. The molecule has 0 aliphatic rings. The van der Waals surface area contributed by atoms with E-state index in [0.29, 0.717) is 37.5 Å². The van der Waals surface area contributed by atoms with Gasteiger partial charge in [0.25, 0.3) is 5.91 Å². The first-order chi connectivity index (χ1) is 19.4. The summed E-state index contributed by atoms with van der Waals surface area (Å²) >= 11 is 0. The molecule has 5 atom stereocenters. The summed E-state index contributed by atoms with van der Waals surface area (Å²) in [6.45, 7) is 11.3. The van der Waals surface area contributed by atoms with Gasteiger partial charge in [-0.3, -0.25) is 14.4 Å². The van der Waals surface area contributed by atoms with Gasteiger partial charge in [0, 0.05) is 51.7 Å². The van der Waals surface area contributed by atoms with E-state index in [1.165, 1.54) is 0 Å². The maximum atomic E-state index is 13.1. The molecule has 0 saturated heterocycles. The lowest BCUT2D eigenvalue weighted by Crippen LogP contribution is -2.45. The molecule has 0 bridgehead atoms. The number of amides is 3. The van der Waals surface area contributed by atoms with E-state index in [1.807, 2.05) is 19.9 Å². The second-order valence-corrected chi connectivity index (χ2v) is 11.6. The average Bonchev–Trinajstić information content (AvgIpc) is 2.92. The second kappa shape index (κ2) is 21.3. The molecule has 0 aromatic heterocycles. The molecule has 1 aromatic rings. The van der Waals surface area contributed by atoms with Crippen molar-refractivity contribution in [1.82, 2.24) is 16.0 Å². The standard InChI is InChI=1S/C31H54N4O6.ClH/c1-20(2)23(19-34-30(38)24-12-8-9-13-28(24)41-15-11-10-14-40-7)17-26(32)27(36)18-25(21(3)4)31(39)35-22(5)16-29(37)33-6;/h8-9,12-13,20-23,25-27,36H,10-11,14-19,32H2,1-7H3,(H,33,37)(H,34,38)(H,35,39);1H. The Bertz CT molecular complexity index is 932. The van der Waals surface area contributed by atoms with Crippen LogP contribution in [0.15, 0.2) is 24.3 Å². The highest BCUT2D eigenvalue weighted by molar-refractivity contribution is 5.96. The molecular formula is C31H55ClN4O6. The van der Waals surface area contributed by atoms with E-state index in [-0.39, 0.29) is 66.8 Å². The van der Waals surface area contributed by atoms with E-state index in [2.05, 4.69) is 29.8 Å². The predicted octanol–water partition coefficient (Wildman–Crippen LogP) is 3.30. The Morgan fingerprint density at radius 3 is 2.21 bits per heavy atom. The van der Waals surface area contributed by atoms with Gasteiger partial charge in [-0.2, -0.15) is 0 Å². The van der Waals surface area contributed by atoms with E-state index < -0.39 is 18.1 Å². The van der Waals surface area contributed by atoms with Gasteiger partial charge < -0.3 is 36.3 Å². The number of carbonyl (C=O) groups excluding carboxylic acids is 3. The van der Waals surface area contributed by atoms with Crippen molar-refractivity contribution in [1.29, 1.82) is 0 Å². The number of para-hydroxylation sites is 1. The van der Waals surface area contributed by atoms with Gasteiger partial charge in [-0.15, -0.1) is 12.4 Å². The quantitative estimate of drug-likeness (QED) is 0.141. The molecule has 0 heterocycles. The van der Waals surface area contributed by atoms with Crippen LogP contribution in [-0.2, 0) is 14.3 Å². The molecular weight excluding hydrogens is 560 g/mol. The third-order valence-electron chi connectivity index (χ3n) is 7.46. The number of rotatable bonds is 20. The maximum Gasteiger partial charge on any atom is 0.255 e. The van der Waals surface area contributed by atoms with Crippen molar-refractivity contribution in [2.24, 2.45) is 29.4 Å². The van der Waals surface area contributed by atoms with E-state index >= 15 is 0 Å². The summed E-state index contributed by atoms with van der Waals surface area (Å²) in [5.74, 6) is -0.285. The molecule has 0 spiro atoms. The van der Waals surface area contributed by atoms with Gasteiger partial charge in [-0.25, -0.2) is 0 Å². The van der Waals surface area contributed by atoms with Gasteiger partial charge in [0.15, 0.2) is 0 Å². The van der Waals surface area contributed by atoms with Crippen LogP contribution in [0.4, 0.5) is 0 Å². The molecule has 0 aliphatic carbocycles. The van der Waals surface area contributed by atoms with Crippen LogP contribution in [0.5, 0.6) is 5.75 Å². The number of nitrogens with one attached hydrogen (secondary N) is 3. The van der Waals surface area contributed by atoms with Crippen LogP contribution in [-0.4, -0.2) is 74.9 Å². The number of hydrogen-bond donors (Lipinski definition) is 5. The Hall–Kier alpha value is -2.40. The van der Waals surface area contributed by atoms with Gasteiger partial charge >= 0.3 is 0 Å². The average molecular weight is 615 g/mol. The Kier molecular flexibility index (Phi) is 20.1. The fourth-order valence-electron chi connectivity index (χ4n) is 4.63. The van der Waals surface area contributed by atoms with E-state index in [4.69, 9.17) is 15.2 Å². The zero-order valence-corrected chi connectivity index (χ0v) is 27.3. The van der Waals surface area contributed by atoms with Gasteiger partial charge in [0.2, 0.25) is 11.8 Å². The van der Waals surface area contributed by atoms with Crippen LogP contribution >= 0.6 is 12.4 Å². The number of aliphatic hydroxyl groups is 1. The highest BCUT2D eigenvalue weighted by Gasteiger charge is 2.30. The number of nitrogens with two attached hydrogens (primary N) is 1. The summed E-state index contributed by atoms with van der Waals surface area (Å²) in [5, 5.41) is 19.4. The monoisotopic (exact) mass is 614 g/mol. The summed E-state index contributed by atoms with van der Waals surface area (Å²) in [6, 6.07) is 6.28. The number of ether oxygens (including phenoxy) is 2. The summed E-state index contributed by atoms with van der Waals surface area (Å²) in [5.41, 5.74) is 6.92. The molecule has 242 valence electrons. The molecule has 10 nitrogen and oxygen atoms in total. The number of unbranched alkanes of at least 4 members (excludes halogenated alkanes) is 1. The topological polar surface area (TPSA) is 152 Å². The van der Waals surface area contributed by atoms with Gasteiger partial charge in [0.1, 0.15) is 5.75 Å². The Morgan fingerprint density at radius 1 is 0.976 bits per heavy atom. The summed E-state index contributed by atoms with van der Waals surface area (Å²) in [4.78, 5) is 37.6. The van der Waals surface area contributed by atoms with Crippen molar-refractivity contribution in [3.05, 3.63) is 29.8 Å². The minimum atomic E-state index is -0.897. The fraction of sp³-hybridized carbons (Fsp3) is 0.710. The fourth-order valence-corrected chi connectivity index (χ4v) is 4.63. The molecule has 0 radical (unpaired) electrons. The van der Waals surface area contributed by atoms with Crippen molar-refractivity contribution in [3.8, 4) is 5.75 Å². The van der Waals surface area contributed by atoms with Crippen LogP contribution in [0.2, 0.25) is 0 Å². The van der Waals surface area contributed by atoms with Crippen molar-refractivity contribution in [2.45, 2.75) is 84.9 Å². The number of benzene rings is 1. The maximum absolute atomic E-state index is 13.1. The van der Waals surface area contributed by atoms with Gasteiger partial charge in [-0.05, 0) is 62.5 Å². The van der Waals surface area contributed by atoms with Crippen LogP contribution < -0.4 is 26.4 Å². The lowest BCUT2D eigenvalue weighted by Gasteiger charge is -2.30. The smallest absolute Gasteiger partial charge is 0.255 e. The van der Waals surface area contributed by atoms with E-state index in [1.54, 1.807) is 39.3 Å². The lowest BCUT2D eigenvalue weighted by atomic mass is 9.83. The SMILES string of the molecule is CNC(=O)CC(C)NC(=O)C(CC(O)C(N)CC(CNC(=O)c1ccccc1OCCCCOC)C(C)C)C(C)C.Cl. The molecule has 0 saturated carbocycles. The number of carbonyl (C=O) groups is 3. The molecule has 6 N–H and O–H groups in total. The third kappa shape index (κ3) is 14.7. The summed E-state index contributed by atoms with van der Waals surface area (Å²) < 4.78 is 10.9. The third-order valence-corrected chi connectivity index (χ3v) is 7.46. The zero-order valence-electron chi connectivity index (χ0n) is 26.5. The molecule has 42 heavy (non-hydrogen) atoms. The molecule has 1 aromatic carbocycles. The van der Waals surface area contributed by atoms with Crippen molar-refractivity contribution in [3.63, 3.8) is 0 Å². The molecule has 0 aliphatic heterocycles. The molecule has 5 unspecified atom stereocenters. The second-order valence-electron chi connectivity index (χ2n) is 11.6. The predicted molar refractivity (Wildman–Crippen MR) is 169 cm³/mol. The number of methoxy groups -OCH3 is 1. The zero-order chi connectivity index (χ0) is 30.9. The first-order valence-corrected chi connectivity index (χ1v) is 14.8. The van der Waals surface area contributed by atoms with Crippen LogP contribution in [0, 0.1) is 23.7 Å². The highest BCUT2D eigenvalue weighted by Crippen LogP contribution is 2.24. The number of halogens is 1. The minimum Gasteiger partial charge on any atom is -0.493 e. The van der Waals surface area contributed by atoms with Crippen LogP contribution in [0.3, 0.4) is 0 Å². The minimum absolute atomic E-state index is 0. The highest BCUT2D eigenvalue weighted by atomic mass is 35.5. The summed E-state index contributed by atoms with van der Waals surface area (Å²) in [7, 11) is 3.22. The molecule has 1 rings (SSSR count). The van der Waals surface area contributed by atoms with Gasteiger partial charge in [0.05, 0.1) is 18.3 Å². The first-order valence-electron chi connectivity index (χ1n) is 14.8. The number of hydrogen-bond acceptors (Lipinski definition) is 7. The Labute approximate surface area is 258 Å². The van der Waals surface area contributed by atoms with Crippen molar-refractivity contribution >= 4 is 30.1 Å². The molecule has 3 amide bonds. The van der Waals surface area contributed by atoms with Crippen molar-refractivity contribution in [2.75, 3.05) is 33.9 Å². The van der Waals surface area contributed by atoms with E-state index in [9.17, 15) is 19.5 Å². The molecule has 0 fully saturated rings. The van der Waals surface area contributed by atoms with Gasteiger partial charge in [-0.1, -0.05) is 39.8 Å². The lowest BCUT2D eigenvalue weighted by molar-refractivity contribution is -0.128. The van der Waals surface area contributed by atoms with Crippen LogP contribution in [0.1, 0.15) is 77.1 Å². The largest absolute Gasteiger partial charge is 0.493 e. The number of aliphatic hydroxyl groups excluding tert-OH is 1. The van der Waals surface area contributed by atoms with E-state index in [0.717, 1.165) is 12.8 Å². The first kappa shape index (κ1) is 39.6. The normalized spacial score (nSPS) is 14.7.